The molecule has 0 bridgehead atoms. The van der Waals surface area contributed by atoms with Crippen molar-refractivity contribution < 1.29 is 23.9 Å². The van der Waals surface area contributed by atoms with Crippen LogP contribution >= 0.6 is 0 Å². The minimum Gasteiger partial charge on any atom is -0.493 e. The predicted octanol–water partition coefficient (Wildman–Crippen LogP) is 1.35. The van der Waals surface area contributed by atoms with E-state index >= 15 is 0 Å². The zero-order valence-electron chi connectivity index (χ0n) is 19.9. The number of primary amides is 1. The Kier molecular flexibility index (Phi) is 7.57. The quantitative estimate of drug-likeness (QED) is 0.308. The minimum atomic E-state index is -0.985. The second kappa shape index (κ2) is 10.8. The molecule has 1 aliphatic heterocycles. The van der Waals surface area contributed by atoms with Gasteiger partial charge in [0.25, 0.3) is 5.91 Å². The summed E-state index contributed by atoms with van der Waals surface area (Å²) in [6, 6.07) is 5.47. The van der Waals surface area contributed by atoms with E-state index in [-0.39, 0.29) is 18.2 Å². The van der Waals surface area contributed by atoms with E-state index in [9.17, 15) is 19.2 Å². The van der Waals surface area contributed by atoms with Crippen LogP contribution in [0, 0.1) is 11.8 Å². The third-order valence-electron chi connectivity index (χ3n) is 6.56. The van der Waals surface area contributed by atoms with Gasteiger partial charge in [0.2, 0.25) is 17.7 Å². The average Bonchev–Trinajstić information content (AvgIpc) is 3.38. The SMILES string of the molecule is CCCOc1cccc2[nH]c(C(=O)N[C@@H](CC3CC3)C(=O)N[C@@H](C[C@@H]3CCNC3=O)C(N)=O)cc12. The van der Waals surface area contributed by atoms with Crippen molar-refractivity contribution in [3.8, 4) is 5.75 Å². The van der Waals surface area contributed by atoms with Gasteiger partial charge < -0.3 is 31.4 Å². The normalized spacial score (nSPS) is 19.1. The predicted molar refractivity (Wildman–Crippen MR) is 130 cm³/mol. The fourth-order valence-electron chi connectivity index (χ4n) is 4.41. The smallest absolute Gasteiger partial charge is 0.268 e. The Labute approximate surface area is 203 Å². The summed E-state index contributed by atoms with van der Waals surface area (Å²) in [6.45, 7) is 3.13. The van der Waals surface area contributed by atoms with E-state index < -0.39 is 29.8 Å². The number of H-pyrrole nitrogens is 1. The molecule has 1 aliphatic carbocycles. The fourth-order valence-corrected chi connectivity index (χ4v) is 4.41. The van der Waals surface area contributed by atoms with Crippen LogP contribution in [0.4, 0.5) is 0 Å². The molecule has 4 amide bonds. The van der Waals surface area contributed by atoms with Gasteiger partial charge in [-0.1, -0.05) is 25.8 Å². The van der Waals surface area contributed by atoms with Crippen molar-refractivity contribution in [1.29, 1.82) is 0 Å². The van der Waals surface area contributed by atoms with Crippen LogP contribution in [0.25, 0.3) is 10.9 Å². The van der Waals surface area contributed by atoms with E-state index in [1.807, 2.05) is 25.1 Å². The fraction of sp³-hybridized carbons (Fsp3) is 0.520. The van der Waals surface area contributed by atoms with Crippen molar-refractivity contribution in [2.24, 2.45) is 17.6 Å². The second-order valence-corrected chi connectivity index (χ2v) is 9.43. The van der Waals surface area contributed by atoms with E-state index in [4.69, 9.17) is 10.5 Å². The van der Waals surface area contributed by atoms with Gasteiger partial charge in [-0.05, 0) is 49.8 Å². The highest BCUT2D eigenvalue weighted by molar-refractivity contribution is 6.01. The first-order valence-corrected chi connectivity index (χ1v) is 12.3. The van der Waals surface area contributed by atoms with Crippen LogP contribution in [-0.2, 0) is 14.4 Å². The number of nitrogens with two attached hydrogens (primary N) is 1. The Balaban J connectivity index is 1.46. The van der Waals surface area contributed by atoms with Crippen LogP contribution in [-0.4, -0.2) is 53.8 Å². The molecule has 1 aromatic carbocycles. The summed E-state index contributed by atoms with van der Waals surface area (Å²) in [5, 5.41) is 9.01. The van der Waals surface area contributed by atoms with Gasteiger partial charge in [-0.15, -0.1) is 0 Å². The number of carbonyl (C=O) groups is 4. The van der Waals surface area contributed by atoms with Crippen molar-refractivity contribution in [2.45, 2.75) is 57.5 Å². The summed E-state index contributed by atoms with van der Waals surface area (Å²) in [4.78, 5) is 53.2. The maximum atomic E-state index is 13.1. The number of carbonyl (C=O) groups excluding carboxylic acids is 4. The van der Waals surface area contributed by atoms with Crippen LogP contribution < -0.4 is 26.4 Å². The lowest BCUT2D eigenvalue weighted by Crippen LogP contribution is -2.53. The Morgan fingerprint density at radius 1 is 1.14 bits per heavy atom. The number of hydrogen-bond donors (Lipinski definition) is 5. The number of benzene rings is 1. The summed E-state index contributed by atoms with van der Waals surface area (Å²) < 4.78 is 5.78. The first-order chi connectivity index (χ1) is 16.9. The van der Waals surface area contributed by atoms with Crippen LogP contribution in [0.3, 0.4) is 0 Å². The van der Waals surface area contributed by atoms with E-state index in [0.29, 0.717) is 43.4 Å². The Morgan fingerprint density at radius 2 is 1.94 bits per heavy atom. The molecule has 3 atom stereocenters. The molecule has 2 aliphatic rings. The van der Waals surface area contributed by atoms with E-state index in [1.165, 1.54) is 0 Å². The van der Waals surface area contributed by atoms with Crippen molar-refractivity contribution in [3.05, 3.63) is 30.0 Å². The molecule has 0 unspecified atom stereocenters. The molecule has 0 radical (unpaired) electrons. The van der Waals surface area contributed by atoms with Crippen LogP contribution in [0.1, 0.15) is 55.9 Å². The molecule has 2 aromatic rings. The lowest BCUT2D eigenvalue weighted by molar-refractivity contribution is -0.130. The van der Waals surface area contributed by atoms with Crippen molar-refractivity contribution in [3.63, 3.8) is 0 Å². The minimum absolute atomic E-state index is 0.138. The molecule has 2 fully saturated rings. The number of fused-ring (bicyclic) bond motifs is 1. The van der Waals surface area contributed by atoms with Crippen LogP contribution in [0.15, 0.2) is 24.3 Å². The lowest BCUT2D eigenvalue weighted by Gasteiger charge is -2.23. The standard InChI is InChI=1S/C25H33N5O5/c1-2-10-35-21-5-3-4-17-16(21)13-20(28-17)25(34)30-19(11-14-6-7-14)24(33)29-18(22(26)31)12-15-8-9-27-23(15)32/h3-5,13-15,18-19,28H,2,6-12H2,1H3,(H2,26,31)(H,27,32)(H,29,33)(H,30,34)/t15-,18-,19-/m0/s1. The highest BCUT2D eigenvalue weighted by Crippen LogP contribution is 2.34. The lowest BCUT2D eigenvalue weighted by atomic mass is 9.97. The summed E-state index contributed by atoms with van der Waals surface area (Å²) in [5.41, 5.74) is 6.59. The Bertz CT molecular complexity index is 1110. The average molecular weight is 484 g/mol. The molecule has 0 spiro atoms. The molecule has 6 N–H and O–H groups in total. The molecule has 1 aromatic heterocycles. The van der Waals surface area contributed by atoms with E-state index in [0.717, 1.165) is 30.2 Å². The van der Waals surface area contributed by atoms with E-state index in [2.05, 4.69) is 20.9 Å². The maximum absolute atomic E-state index is 13.1. The van der Waals surface area contributed by atoms with Gasteiger partial charge in [0.15, 0.2) is 0 Å². The third kappa shape index (κ3) is 6.12. The highest BCUT2D eigenvalue weighted by atomic mass is 16.5. The molecule has 1 saturated heterocycles. The first-order valence-electron chi connectivity index (χ1n) is 12.3. The topological polar surface area (TPSA) is 155 Å². The van der Waals surface area contributed by atoms with E-state index in [1.54, 1.807) is 6.07 Å². The first kappa shape index (κ1) is 24.6. The second-order valence-electron chi connectivity index (χ2n) is 9.43. The zero-order chi connectivity index (χ0) is 24.9. The number of amides is 4. The summed E-state index contributed by atoms with van der Waals surface area (Å²) in [5.74, 6) is -1.09. The molecule has 2 heterocycles. The van der Waals surface area contributed by atoms with Crippen LogP contribution in [0.5, 0.6) is 5.75 Å². The van der Waals surface area contributed by atoms with Gasteiger partial charge >= 0.3 is 0 Å². The zero-order valence-corrected chi connectivity index (χ0v) is 19.9. The molecule has 1 saturated carbocycles. The number of nitrogens with one attached hydrogen (secondary N) is 4. The molecular formula is C25H33N5O5. The molecule has 10 nitrogen and oxygen atoms in total. The summed E-state index contributed by atoms with van der Waals surface area (Å²) in [7, 11) is 0. The number of aromatic amines is 1. The summed E-state index contributed by atoms with van der Waals surface area (Å²) >= 11 is 0. The number of ether oxygens (including phenoxy) is 1. The van der Waals surface area contributed by atoms with Gasteiger partial charge in [-0.2, -0.15) is 0 Å². The number of rotatable bonds is 12. The molecule has 188 valence electrons. The van der Waals surface area contributed by atoms with Crippen LogP contribution in [0.2, 0.25) is 0 Å². The highest BCUT2D eigenvalue weighted by Gasteiger charge is 2.35. The molecule has 4 rings (SSSR count). The van der Waals surface area contributed by atoms with Crippen molar-refractivity contribution >= 4 is 34.5 Å². The number of hydrogen-bond acceptors (Lipinski definition) is 5. The molecular weight excluding hydrogens is 450 g/mol. The largest absolute Gasteiger partial charge is 0.493 e. The van der Waals surface area contributed by atoms with Gasteiger partial charge in [-0.25, -0.2) is 0 Å². The van der Waals surface area contributed by atoms with Gasteiger partial charge in [0.1, 0.15) is 23.5 Å². The maximum Gasteiger partial charge on any atom is 0.268 e. The molecule has 35 heavy (non-hydrogen) atoms. The van der Waals surface area contributed by atoms with Crippen molar-refractivity contribution in [2.75, 3.05) is 13.2 Å². The monoisotopic (exact) mass is 483 g/mol. The van der Waals surface area contributed by atoms with Crippen molar-refractivity contribution in [1.82, 2.24) is 20.9 Å². The van der Waals surface area contributed by atoms with Gasteiger partial charge in [0.05, 0.1) is 6.61 Å². The molecule has 10 heteroatoms. The number of aromatic nitrogens is 1. The Morgan fingerprint density at radius 3 is 2.60 bits per heavy atom. The van der Waals surface area contributed by atoms with Gasteiger partial charge in [-0.3, -0.25) is 19.2 Å². The third-order valence-corrected chi connectivity index (χ3v) is 6.56. The van der Waals surface area contributed by atoms with Gasteiger partial charge in [0, 0.05) is 23.4 Å². The summed E-state index contributed by atoms with van der Waals surface area (Å²) in [6.07, 6.45) is 4.05. The Hall–Kier alpha value is -3.56.